The maximum atomic E-state index is 13.7. The Hall–Kier alpha value is -2.51. The Labute approximate surface area is 113 Å². The molecule has 2 aromatic rings. The van der Waals surface area contributed by atoms with Gasteiger partial charge in [0.05, 0.1) is 6.54 Å². The maximum Gasteiger partial charge on any atom is 0.251 e. The zero-order chi connectivity index (χ0) is 14.5. The number of hydrogen-bond donors (Lipinski definition) is 3. The summed E-state index contributed by atoms with van der Waals surface area (Å²) in [6, 6.07) is 1.97. The number of nitrogens with zero attached hydrogens (tertiary/aromatic N) is 2. The van der Waals surface area contributed by atoms with E-state index in [9.17, 15) is 13.6 Å². The second-order valence-corrected chi connectivity index (χ2v) is 3.96. The van der Waals surface area contributed by atoms with Gasteiger partial charge < -0.3 is 10.6 Å². The highest BCUT2D eigenvalue weighted by molar-refractivity contribution is 5.94. The Bertz CT molecular complexity index is 577. The van der Waals surface area contributed by atoms with Crippen LogP contribution in [0.5, 0.6) is 0 Å². The van der Waals surface area contributed by atoms with Gasteiger partial charge >= 0.3 is 0 Å². The lowest BCUT2D eigenvalue weighted by Crippen LogP contribution is -2.24. The smallest absolute Gasteiger partial charge is 0.251 e. The molecule has 0 spiro atoms. The first-order valence-corrected chi connectivity index (χ1v) is 5.97. The fourth-order valence-electron chi connectivity index (χ4n) is 1.63. The van der Waals surface area contributed by atoms with Gasteiger partial charge in [0.1, 0.15) is 29.5 Å². The van der Waals surface area contributed by atoms with Gasteiger partial charge in [0.25, 0.3) is 5.91 Å². The summed E-state index contributed by atoms with van der Waals surface area (Å²) in [5.41, 5.74) is -0.333. The molecule has 0 fully saturated rings. The molecule has 106 valence electrons. The third kappa shape index (κ3) is 3.08. The fourth-order valence-corrected chi connectivity index (χ4v) is 1.63. The van der Waals surface area contributed by atoms with Gasteiger partial charge in [-0.2, -0.15) is 5.10 Å². The normalized spacial score (nSPS) is 10.3. The highest BCUT2D eigenvalue weighted by Crippen LogP contribution is 2.20. The third-order valence-electron chi connectivity index (χ3n) is 2.54. The number of H-pyrrole nitrogens is 1. The van der Waals surface area contributed by atoms with Gasteiger partial charge in [-0.25, -0.2) is 13.8 Å². The molecule has 6 nitrogen and oxygen atoms in total. The van der Waals surface area contributed by atoms with Crippen LogP contribution in [0.15, 0.2) is 18.5 Å². The van der Waals surface area contributed by atoms with E-state index in [-0.39, 0.29) is 17.8 Å². The first kappa shape index (κ1) is 13.9. The highest BCUT2D eigenvalue weighted by atomic mass is 19.1. The van der Waals surface area contributed by atoms with E-state index in [1.165, 1.54) is 6.33 Å². The van der Waals surface area contributed by atoms with Crippen LogP contribution in [0.25, 0.3) is 0 Å². The SMILES string of the molecule is CCNc1c(F)cc(C(=O)NCc2ncn[nH]2)cc1F. The van der Waals surface area contributed by atoms with Gasteiger partial charge in [-0.1, -0.05) is 0 Å². The topological polar surface area (TPSA) is 82.7 Å². The lowest BCUT2D eigenvalue weighted by Gasteiger charge is -2.09. The van der Waals surface area contributed by atoms with Crippen LogP contribution in [0, 0.1) is 11.6 Å². The Morgan fingerprint density at radius 1 is 1.35 bits per heavy atom. The second kappa shape index (κ2) is 6.09. The summed E-state index contributed by atoms with van der Waals surface area (Å²) < 4.78 is 27.3. The Kier molecular flexibility index (Phi) is 4.24. The van der Waals surface area contributed by atoms with Crippen molar-refractivity contribution in [1.82, 2.24) is 20.5 Å². The Morgan fingerprint density at radius 2 is 2.05 bits per heavy atom. The zero-order valence-electron chi connectivity index (χ0n) is 10.7. The monoisotopic (exact) mass is 281 g/mol. The number of hydrogen-bond acceptors (Lipinski definition) is 4. The third-order valence-corrected chi connectivity index (χ3v) is 2.54. The number of aromatic nitrogens is 3. The summed E-state index contributed by atoms with van der Waals surface area (Å²) >= 11 is 0. The minimum absolute atomic E-state index is 0.0943. The van der Waals surface area contributed by atoms with E-state index < -0.39 is 17.5 Å². The number of anilines is 1. The van der Waals surface area contributed by atoms with Crippen LogP contribution in [0.1, 0.15) is 23.1 Å². The summed E-state index contributed by atoms with van der Waals surface area (Å²) in [4.78, 5) is 15.6. The molecule has 1 amide bonds. The van der Waals surface area contributed by atoms with Crippen molar-refractivity contribution in [2.45, 2.75) is 13.5 Å². The van der Waals surface area contributed by atoms with Crippen LogP contribution in [-0.4, -0.2) is 27.6 Å². The molecule has 0 radical (unpaired) electrons. The minimum Gasteiger partial charge on any atom is -0.381 e. The van der Waals surface area contributed by atoms with Crippen LogP contribution in [0.3, 0.4) is 0 Å². The number of halogens is 2. The fraction of sp³-hybridized carbons (Fsp3) is 0.250. The van der Waals surface area contributed by atoms with Gasteiger partial charge in [0, 0.05) is 12.1 Å². The molecule has 8 heteroatoms. The van der Waals surface area contributed by atoms with Gasteiger partial charge in [-0.3, -0.25) is 9.89 Å². The van der Waals surface area contributed by atoms with Crippen molar-refractivity contribution in [1.29, 1.82) is 0 Å². The summed E-state index contributed by atoms with van der Waals surface area (Å²) in [6.45, 7) is 2.19. The van der Waals surface area contributed by atoms with Crippen LogP contribution in [-0.2, 0) is 6.54 Å². The zero-order valence-corrected chi connectivity index (χ0v) is 10.7. The number of carbonyl (C=O) groups is 1. The van der Waals surface area contributed by atoms with Gasteiger partial charge in [-0.15, -0.1) is 0 Å². The molecule has 20 heavy (non-hydrogen) atoms. The summed E-state index contributed by atoms with van der Waals surface area (Å²) in [5, 5.41) is 11.2. The molecule has 0 unspecified atom stereocenters. The summed E-state index contributed by atoms with van der Waals surface area (Å²) in [5.74, 6) is -1.76. The van der Waals surface area contributed by atoms with Crippen molar-refractivity contribution < 1.29 is 13.6 Å². The van der Waals surface area contributed by atoms with E-state index in [4.69, 9.17) is 0 Å². The van der Waals surface area contributed by atoms with Crippen molar-refractivity contribution in [3.05, 3.63) is 41.5 Å². The van der Waals surface area contributed by atoms with E-state index in [0.29, 0.717) is 12.4 Å². The quantitative estimate of drug-likeness (QED) is 0.774. The van der Waals surface area contributed by atoms with Crippen LogP contribution < -0.4 is 10.6 Å². The number of amides is 1. The van der Waals surface area contributed by atoms with E-state index in [2.05, 4.69) is 25.8 Å². The number of rotatable bonds is 5. The Balaban J connectivity index is 2.10. The molecular weight excluding hydrogens is 268 g/mol. The van der Waals surface area contributed by atoms with E-state index in [1.54, 1.807) is 6.92 Å². The molecule has 0 aliphatic rings. The van der Waals surface area contributed by atoms with Crippen LogP contribution in [0.4, 0.5) is 14.5 Å². The van der Waals surface area contributed by atoms with Crippen molar-refractivity contribution in [2.24, 2.45) is 0 Å². The minimum atomic E-state index is -0.809. The van der Waals surface area contributed by atoms with E-state index >= 15 is 0 Å². The number of nitrogens with one attached hydrogen (secondary N) is 3. The van der Waals surface area contributed by atoms with E-state index in [0.717, 1.165) is 12.1 Å². The van der Waals surface area contributed by atoms with Crippen LogP contribution >= 0.6 is 0 Å². The van der Waals surface area contributed by atoms with Gasteiger partial charge in [0.2, 0.25) is 0 Å². The number of carbonyl (C=O) groups excluding carboxylic acids is 1. The van der Waals surface area contributed by atoms with Gasteiger partial charge in [-0.05, 0) is 19.1 Å². The maximum absolute atomic E-state index is 13.7. The first-order valence-electron chi connectivity index (χ1n) is 5.97. The molecule has 1 aromatic carbocycles. The van der Waals surface area contributed by atoms with Gasteiger partial charge in [0.15, 0.2) is 0 Å². The number of benzene rings is 1. The standard InChI is InChI=1S/C12H13F2N5O/c1-2-15-11-8(13)3-7(4-9(11)14)12(20)16-5-10-17-6-18-19-10/h3-4,6,15H,2,5H2,1H3,(H,16,20)(H,17,18,19). The molecule has 0 aliphatic heterocycles. The van der Waals surface area contributed by atoms with Crippen molar-refractivity contribution in [3.63, 3.8) is 0 Å². The molecular formula is C12H13F2N5O. The molecule has 1 heterocycles. The first-order chi connectivity index (χ1) is 9.61. The van der Waals surface area contributed by atoms with Crippen molar-refractivity contribution >= 4 is 11.6 Å². The van der Waals surface area contributed by atoms with E-state index in [1.807, 2.05) is 0 Å². The van der Waals surface area contributed by atoms with Crippen molar-refractivity contribution in [2.75, 3.05) is 11.9 Å². The van der Waals surface area contributed by atoms with Crippen LogP contribution in [0.2, 0.25) is 0 Å². The largest absolute Gasteiger partial charge is 0.381 e. The molecule has 0 bridgehead atoms. The summed E-state index contributed by atoms with van der Waals surface area (Å²) in [6.07, 6.45) is 1.30. The predicted molar refractivity (Wildman–Crippen MR) is 68.1 cm³/mol. The second-order valence-electron chi connectivity index (χ2n) is 3.96. The molecule has 3 N–H and O–H groups in total. The molecule has 0 atom stereocenters. The molecule has 2 rings (SSSR count). The number of aromatic amines is 1. The molecule has 0 saturated heterocycles. The average molecular weight is 281 g/mol. The lowest BCUT2D eigenvalue weighted by molar-refractivity contribution is 0.0949. The molecule has 0 aliphatic carbocycles. The highest BCUT2D eigenvalue weighted by Gasteiger charge is 2.14. The summed E-state index contributed by atoms with van der Waals surface area (Å²) in [7, 11) is 0. The Morgan fingerprint density at radius 3 is 2.60 bits per heavy atom. The molecule has 0 saturated carbocycles. The van der Waals surface area contributed by atoms with Crippen molar-refractivity contribution in [3.8, 4) is 0 Å². The lowest BCUT2D eigenvalue weighted by atomic mass is 10.1. The average Bonchev–Trinajstić information content (AvgIpc) is 2.93. The molecule has 1 aromatic heterocycles. The predicted octanol–water partition coefficient (Wildman–Crippen LogP) is 1.44.